The first-order chi connectivity index (χ1) is 15.0. The summed E-state index contributed by atoms with van der Waals surface area (Å²) in [7, 11) is 1.37. The van der Waals surface area contributed by atoms with E-state index in [4.69, 9.17) is 10.5 Å². The number of primary amides is 1. The summed E-state index contributed by atoms with van der Waals surface area (Å²) in [6, 6.07) is 4.62. The molecule has 2 saturated heterocycles. The van der Waals surface area contributed by atoms with E-state index in [2.05, 4.69) is 26.3 Å². The van der Waals surface area contributed by atoms with Crippen molar-refractivity contribution in [3.63, 3.8) is 0 Å². The fourth-order valence-electron chi connectivity index (χ4n) is 5.19. The Morgan fingerprint density at radius 1 is 1.16 bits per heavy atom. The average Bonchev–Trinajstić information content (AvgIpc) is 3.36. The number of carbonyl (C=O) groups is 2. The van der Waals surface area contributed by atoms with Gasteiger partial charge in [0.05, 0.1) is 29.6 Å². The molecule has 160 valence electrons. The van der Waals surface area contributed by atoms with E-state index in [-0.39, 0.29) is 12.0 Å². The first-order valence-electron chi connectivity index (χ1n) is 10.6. The van der Waals surface area contributed by atoms with E-state index in [1.807, 2.05) is 12.1 Å². The van der Waals surface area contributed by atoms with Crippen LogP contribution in [-0.4, -0.2) is 47.1 Å². The summed E-state index contributed by atoms with van der Waals surface area (Å²) in [5, 5.41) is 3.64. The third-order valence-electron chi connectivity index (χ3n) is 6.58. The quantitative estimate of drug-likeness (QED) is 0.717. The van der Waals surface area contributed by atoms with Crippen molar-refractivity contribution in [2.75, 3.05) is 17.3 Å². The second-order valence-electron chi connectivity index (χ2n) is 8.38. The smallest absolute Gasteiger partial charge is 0.339 e. The molecule has 2 bridgehead atoms. The van der Waals surface area contributed by atoms with Crippen molar-refractivity contribution in [3.05, 3.63) is 53.0 Å². The molecule has 0 saturated carbocycles. The number of ether oxygens (including phenoxy) is 1. The van der Waals surface area contributed by atoms with Crippen molar-refractivity contribution in [3.8, 4) is 0 Å². The van der Waals surface area contributed by atoms with Crippen LogP contribution in [0.4, 0.5) is 11.5 Å². The van der Waals surface area contributed by atoms with Crippen molar-refractivity contribution in [1.29, 1.82) is 0 Å². The summed E-state index contributed by atoms with van der Waals surface area (Å²) in [5.41, 5.74) is 9.29. The van der Waals surface area contributed by atoms with E-state index in [1.165, 1.54) is 7.11 Å². The number of rotatable bonds is 5. The highest BCUT2D eigenvalue weighted by atomic mass is 16.5. The number of piperidine rings is 1. The van der Waals surface area contributed by atoms with Crippen LogP contribution in [0.25, 0.3) is 6.08 Å². The van der Waals surface area contributed by atoms with Gasteiger partial charge in [-0.3, -0.25) is 9.78 Å². The van der Waals surface area contributed by atoms with Crippen LogP contribution in [0, 0.1) is 0 Å². The molecule has 4 heterocycles. The van der Waals surface area contributed by atoms with Gasteiger partial charge < -0.3 is 20.7 Å². The summed E-state index contributed by atoms with van der Waals surface area (Å²) in [4.78, 5) is 35.0. The number of methoxy groups -OCH3 is 1. The van der Waals surface area contributed by atoms with Crippen LogP contribution in [0.15, 0.2) is 30.6 Å². The maximum Gasteiger partial charge on any atom is 0.339 e. The number of nitrogens with zero attached hydrogens (tertiary/aromatic N) is 3. The maximum atomic E-state index is 12.0. The standard InChI is InChI=1S/C23H25N5O3/c1-31-23(30)13-5-8-20(26-11-13)28-15-6-7-16(28)10-14(9-15)27-21-17-3-2-4-19(17)25-12-18(21)22(24)29/h2-3,5,8,11-12,14-16H,4,6-7,9-10H2,1H3,(H2,24,29)(H,25,27)/t14?,15-,16+. The number of carbonyl (C=O) groups excluding carboxylic acids is 2. The van der Waals surface area contributed by atoms with Gasteiger partial charge in [0.1, 0.15) is 5.82 Å². The lowest BCUT2D eigenvalue weighted by molar-refractivity contribution is 0.0600. The number of amides is 1. The Morgan fingerprint density at radius 3 is 2.58 bits per heavy atom. The second-order valence-corrected chi connectivity index (χ2v) is 8.38. The molecule has 2 aromatic heterocycles. The summed E-state index contributed by atoms with van der Waals surface area (Å²) in [5.74, 6) is 0.0479. The Balaban J connectivity index is 1.36. The van der Waals surface area contributed by atoms with Gasteiger partial charge in [-0.1, -0.05) is 12.2 Å². The van der Waals surface area contributed by atoms with E-state index in [0.717, 1.165) is 54.9 Å². The predicted molar refractivity (Wildman–Crippen MR) is 117 cm³/mol. The first kappa shape index (κ1) is 19.5. The molecular formula is C23H25N5O3. The molecule has 3 N–H and O–H groups in total. The van der Waals surface area contributed by atoms with Gasteiger partial charge in [-0.15, -0.1) is 0 Å². The highest BCUT2D eigenvalue weighted by molar-refractivity contribution is 6.00. The lowest BCUT2D eigenvalue weighted by atomic mass is 9.95. The fraction of sp³-hybridized carbons (Fsp3) is 0.391. The minimum Gasteiger partial charge on any atom is -0.465 e. The fourth-order valence-corrected chi connectivity index (χ4v) is 5.19. The monoisotopic (exact) mass is 419 g/mol. The molecule has 31 heavy (non-hydrogen) atoms. The number of fused-ring (bicyclic) bond motifs is 3. The molecule has 1 unspecified atom stereocenters. The average molecular weight is 419 g/mol. The number of esters is 1. The molecule has 1 aliphatic carbocycles. The lowest BCUT2D eigenvalue weighted by Crippen LogP contribution is -2.47. The van der Waals surface area contributed by atoms with E-state index in [0.29, 0.717) is 23.2 Å². The summed E-state index contributed by atoms with van der Waals surface area (Å²) in [6.07, 6.45) is 12.1. The Labute approximate surface area is 180 Å². The van der Waals surface area contributed by atoms with Gasteiger partial charge in [-0.2, -0.15) is 0 Å². The van der Waals surface area contributed by atoms with Crippen LogP contribution in [0.5, 0.6) is 0 Å². The van der Waals surface area contributed by atoms with Gasteiger partial charge in [-0.25, -0.2) is 9.78 Å². The van der Waals surface area contributed by atoms with E-state index < -0.39 is 5.91 Å². The molecule has 3 atom stereocenters. The van der Waals surface area contributed by atoms with Crippen molar-refractivity contribution in [1.82, 2.24) is 9.97 Å². The van der Waals surface area contributed by atoms with Crippen LogP contribution in [0.2, 0.25) is 0 Å². The van der Waals surface area contributed by atoms with E-state index >= 15 is 0 Å². The SMILES string of the molecule is COC(=O)c1ccc(N2[C@@H]3CC[C@H]2CC(Nc2c(C(N)=O)cnc4c2C=CC4)C3)nc1. The molecule has 0 radical (unpaired) electrons. The number of anilines is 2. The maximum absolute atomic E-state index is 12.0. The Hall–Kier alpha value is -3.42. The third kappa shape index (κ3) is 3.41. The molecule has 2 aromatic rings. The van der Waals surface area contributed by atoms with Gasteiger partial charge in [0.2, 0.25) is 0 Å². The minimum absolute atomic E-state index is 0.238. The molecule has 5 rings (SSSR count). The second kappa shape index (κ2) is 7.68. The number of hydrogen-bond acceptors (Lipinski definition) is 7. The number of hydrogen-bond donors (Lipinski definition) is 2. The zero-order chi connectivity index (χ0) is 21.5. The Morgan fingerprint density at radius 2 is 1.94 bits per heavy atom. The highest BCUT2D eigenvalue weighted by Gasteiger charge is 2.41. The van der Waals surface area contributed by atoms with Gasteiger partial charge in [0.15, 0.2) is 0 Å². The molecular weight excluding hydrogens is 394 g/mol. The molecule has 1 amide bonds. The third-order valence-corrected chi connectivity index (χ3v) is 6.58. The number of allylic oxidation sites excluding steroid dienone is 1. The minimum atomic E-state index is -0.464. The molecule has 0 spiro atoms. The molecule has 8 nitrogen and oxygen atoms in total. The number of aromatic nitrogens is 2. The van der Waals surface area contributed by atoms with Gasteiger partial charge in [0.25, 0.3) is 5.91 Å². The van der Waals surface area contributed by atoms with Crippen LogP contribution in [-0.2, 0) is 11.2 Å². The Kier molecular flexibility index (Phi) is 4.84. The van der Waals surface area contributed by atoms with Crippen LogP contribution in [0.1, 0.15) is 57.7 Å². The van der Waals surface area contributed by atoms with Crippen LogP contribution < -0.4 is 16.0 Å². The molecule has 3 aliphatic rings. The highest BCUT2D eigenvalue weighted by Crippen LogP contribution is 2.40. The first-order valence-corrected chi connectivity index (χ1v) is 10.6. The molecule has 2 fully saturated rings. The van der Waals surface area contributed by atoms with E-state index in [1.54, 1.807) is 18.5 Å². The van der Waals surface area contributed by atoms with Crippen LogP contribution >= 0.6 is 0 Å². The number of nitrogens with one attached hydrogen (secondary N) is 1. The lowest BCUT2D eigenvalue weighted by Gasteiger charge is -2.40. The summed E-state index contributed by atoms with van der Waals surface area (Å²) >= 11 is 0. The van der Waals surface area contributed by atoms with Crippen molar-refractivity contribution in [2.45, 2.75) is 50.2 Å². The predicted octanol–water partition coefficient (Wildman–Crippen LogP) is 2.54. The van der Waals surface area contributed by atoms with Crippen molar-refractivity contribution < 1.29 is 14.3 Å². The zero-order valence-electron chi connectivity index (χ0n) is 17.4. The van der Waals surface area contributed by atoms with Crippen molar-refractivity contribution in [2.24, 2.45) is 5.73 Å². The molecule has 8 heteroatoms. The molecule has 2 aliphatic heterocycles. The summed E-state index contributed by atoms with van der Waals surface area (Å²) in [6.45, 7) is 0. The number of nitrogens with two attached hydrogens (primary N) is 1. The summed E-state index contributed by atoms with van der Waals surface area (Å²) < 4.78 is 4.76. The van der Waals surface area contributed by atoms with Gasteiger partial charge in [0, 0.05) is 42.5 Å². The van der Waals surface area contributed by atoms with Gasteiger partial charge in [-0.05, 0) is 37.8 Å². The van der Waals surface area contributed by atoms with Crippen LogP contribution in [0.3, 0.4) is 0 Å². The largest absolute Gasteiger partial charge is 0.465 e. The normalized spacial score (nSPS) is 23.5. The number of pyridine rings is 2. The van der Waals surface area contributed by atoms with E-state index in [9.17, 15) is 9.59 Å². The van der Waals surface area contributed by atoms with Crippen molar-refractivity contribution >= 4 is 29.5 Å². The molecule has 0 aromatic carbocycles. The Bertz CT molecular complexity index is 1050. The van der Waals surface area contributed by atoms with Gasteiger partial charge >= 0.3 is 5.97 Å². The zero-order valence-corrected chi connectivity index (χ0v) is 17.4. The topological polar surface area (TPSA) is 110 Å².